The summed E-state index contributed by atoms with van der Waals surface area (Å²) in [5.74, 6) is 2.54. The number of carbonyl (C=O) groups is 1. The lowest BCUT2D eigenvalue weighted by Gasteiger charge is -2.24. The number of benzene rings is 1. The lowest BCUT2D eigenvalue weighted by atomic mass is 9.96. The number of aryl methyl sites for hydroxylation is 3. The van der Waals surface area contributed by atoms with E-state index in [1.165, 1.54) is 0 Å². The molecule has 1 aromatic carbocycles. The predicted molar refractivity (Wildman–Crippen MR) is 86.3 cm³/mol. The number of amides is 1. The Morgan fingerprint density at radius 3 is 3.00 bits per heavy atom. The van der Waals surface area contributed by atoms with Gasteiger partial charge in [0.1, 0.15) is 24.0 Å². The molecule has 6 nitrogen and oxygen atoms in total. The first kappa shape index (κ1) is 15.5. The Morgan fingerprint density at radius 1 is 1.39 bits per heavy atom. The summed E-state index contributed by atoms with van der Waals surface area (Å²) in [6.45, 7) is 5.66. The molecule has 2 aromatic rings. The fourth-order valence-corrected chi connectivity index (χ4v) is 2.85. The molecule has 2 heterocycles. The Morgan fingerprint density at radius 2 is 2.22 bits per heavy atom. The summed E-state index contributed by atoms with van der Waals surface area (Å²) in [6.07, 6.45) is 1.57. The zero-order valence-electron chi connectivity index (χ0n) is 13.6. The summed E-state index contributed by atoms with van der Waals surface area (Å²) in [5.41, 5.74) is 1.10. The number of nitrogens with one attached hydrogen (secondary N) is 1. The smallest absolute Gasteiger partial charge is 0.226 e. The summed E-state index contributed by atoms with van der Waals surface area (Å²) in [5, 5.41) is 7.31. The molecule has 23 heavy (non-hydrogen) atoms. The largest absolute Gasteiger partial charge is 0.492 e. The molecule has 1 atom stereocenters. The molecule has 1 aliphatic heterocycles. The molecule has 0 fully saturated rings. The molecule has 0 saturated heterocycles. The van der Waals surface area contributed by atoms with E-state index in [2.05, 4.69) is 15.4 Å². The monoisotopic (exact) mass is 314 g/mol. The summed E-state index contributed by atoms with van der Waals surface area (Å²) >= 11 is 0. The van der Waals surface area contributed by atoms with Crippen molar-refractivity contribution in [2.75, 3.05) is 13.2 Å². The zero-order chi connectivity index (χ0) is 16.2. The van der Waals surface area contributed by atoms with E-state index in [1.54, 1.807) is 0 Å². The molecule has 1 aromatic heterocycles. The molecule has 0 unspecified atom stereocenters. The first-order valence-electron chi connectivity index (χ1n) is 8.00. The Kier molecular flexibility index (Phi) is 4.60. The van der Waals surface area contributed by atoms with Gasteiger partial charge in [-0.3, -0.25) is 9.48 Å². The number of para-hydroxylation sites is 1. The van der Waals surface area contributed by atoms with Crippen molar-refractivity contribution in [2.24, 2.45) is 5.92 Å². The van der Waals surface area contributed by atoms with Crippen LogP contribution in [0.5, 0.6) is 5.75 Å². The van der Waals surface area contributed by atoms with Gasteiger partial charge in [-0.05, 0) is 38.3 Å². The Hall–Kier alpha value is -2.37. The number of aromatic nitrogens is 3. The fourth-order valence-electron chi connectivity index (χ4n) is 2.85. The number of carbonyl (C=O) groups excluding carboxylic acids is 1. The number of nitrogens with zero attached hydrogens (tertiary/aromatic N) is 3. The Labute approximate surface area is 135 Å². The SMILES string of the molecule is Cc1nc(C)n(CCCNC(=O)[C@H]2COc3ccccc3C2)n1. The number of hydrogen-bond acceptors (Lipinski definition) is 4. The van der Waals surface area contributed by atoms with E-state index in [-0.39, 0.29) is 11.8 Å². The van der Waals surface area contributed by atoms with Crippen molar-refractivity contribution in [2.45, 2.75) is 33.2 Å². The summed E-state index contributed by atoms with van der Waals surface area (Å²) in [6, 6.07) is 7.90. The Balaban J connectivity index is 1.44. The second kappa shape index (κ2) is 6.81. The van der Waals surface area contributed by atoms with Crippen molar-refractivity contribution in [1.82, 2.24) is 20.1 Å². The average molecular weight is 314 g/mol. The third kappa shape index (κ3) is 3.70. The first-order valence-corrected chi connectivity index (χ1v) is 8.00. The molecule has 3 rings (SSSR count). The molecule has 6 heteroatoms. The van der Waals surface area contributed by atoms with Gasteiger partial charge in [0.15, 0.2) is 0 Å². The summed E-state index contributed by atoms with van der Waals surface area (Å²) < 4.78 is 7.54. The number of ether oxygens (including phenoxy) is 1. The summed E-state index contributed by atoms with van der Waals surface area (Å²) in [4.78, 5) is 16.5. The van der Waals surface area contributed by atoms with Crippen molar-refractivity contribution in [3.63, 3.8) is 0 Å². The van der Waals surface area contributed by atoms with Crippen LogP contribution in [0.1, 0.15) is 23.6 Å². The standard InChI is InChI=1S/C17H22N4O2/c1-12-19-13(2)21(20-12)9-5-8-18-17(22)15-10-14-6-3-4-7-16(14)23-11-15/h3-4,6-7,15H,5,8-11H2,1-2H3,(H,18,22)/t15-/m1/s1. The minimum atomic E-state index is -0.111. The van der Waals surface area contributed by atoms with E-state index in [9.17, 15) is 4.79 Å². The van der Waals surface area contributed by atoms with Crippen molar-refractivity contribution in [3.8, 4) is 5.75 Å². The van der Waals surface area contributed by atoms with E-state index < -0.39 is 0 Å². The van der Waals surface area contributed by atoms with Gasteiger partial charge in [0.05, 0.1) is 5.92 Å². The van der Waals surface area contributed by atoms with Crippen molar-refractivity contribution < 1.29 is 9.53 Å². The van der Waals surface area contributed by atoms with Crippen molar-refractivity contribution >= 4 is 5.91 Å². The van der Waals surface area contributed by atoms with Crippen LogP contribution in [-0.2, 0) is 17.8 Å². The van der Waals surface area contributed by atoms with Crippen LogP contribution in [0.3, 0.4) is 0 Å². The van der Waals surface area contributed by atoms with Crippen LogP contribution in [-0.4, -0.2) is 33.8 Å². The fraction of sp³-hybridized carbons (Fsp3) is 0.471. The van der Waals surface area contributed by atoms with Gasteiger partial charge in [0.2, 0.25) is 5.91 Å². The van der Waals surface area contributed by atoms with E-state index in [1.807, 2.05) is 42.8 Å². The minimum Gasteiger partial charge on any atom is -0.492 e. The normalized spacial score (nSPS) is 16.5. The number of hydrogen-bond donors (Lipinski definition) is 1. The maximum absolute atomic E-state index is 12.3. The van der Waals surface area contributed by atoms with E-state index >= 15 is 0 Å². The molecule has 1 N–H and O–H groups in total. The molecule has 122 valence electrons. The molecule has 0 spiro atoms. The van der Waals surface area contributed by atoms with Crippen LogP contribution >= 0.6 is 0 Å². The van der Waals surface area contributed by atoms with Gasteiger partial charge in [0.25, 0.3) is 0 Å². The van der Waals surface area contributed by atoms with Gasteiger partial charge in [0, 0.05) is 13.1 Å². The van der Waals surface area contributed by atoms with Gasteiger partial charge < -0.3 is 10.1 Å². The van der Waals surface area contributed by atoms with E-state index in [0.29, 0.717) is 13.2 Å². The molecular weight excluding hydrogens is 292 g/mol. The second-order valence-corrected chi connectivity index (χ2v) is 5.89. The summed E-state index contributed by atoms with van der Waals surface area (Å²) in [7, 11) is 0. The first-order chi connectivity index (χ1) is 11.1. The van der Waals surface area contributed by atoms with Gasteiger partial charge in [-0.2, -0.15) is 5.10 Å². The third-order valence-electron chi connectivity index (χ3n) is 4.06. The third-order valence-corrected chi connectivity index (χ3v) is 4.06. The molecule has 1 amide bonds. The van der Waals surface area contributed by atoms with Gasteiger partial charge in [-0.25, -0.2) is 4.98 Å². The van der Waals surface area contributed by atoms with Gasteiger partial charge in [-0.15, -0.1) is 0 Å². The van der Waals surface area contributed by atoms with Crippen LogP contribution in [0.25, 0.3) is 0 Å². The maximum atomic E-state index is 12.3. The van der Waals surface area contributed by atoms with Gasteiger partial charge in [-0.1, -0.05) is 18.2 Å². The maximum Gasteiger partial charge on any atom is 0.226 e. The molecule has 1 aliphatic rings. The van der Waals surface area contributed by atoms with E-state index in [4.69, 9.17) is 4.74 Å². The van der Waals surface area contributed by atoms with Crippen LogP contribution in [0, 0.1) is 19.8 Å². The van der Waals surface area contributed by atoms with Crippen LogP contribution in [0.4, 0.5) is 0 Å². The van der Waals surface area contributed by atoms with Crippen molar-refractivity contribution in [3.05, 3.63) is 41.5 Å². The molecule has 0 radical (unpaired) electrons. The van der Waals surface area contributed by atoms with E-state index in [0.717, 1.165) is 42.3 Å². The lowest BCUT2D eigenvalue weighted by molar-refractivity contribution is -0.126. The van der Waals surface area contributed by atoms with Crippen molar-refractivity contribution in [1.29, 1.82) is 0 Å². The number of fused-ring (bicyclic) bond motifs is 1. The topological polar surface area (TPSA) is 69.0 Å². The molecule has 0 saturated carbocycles. The molecule has 0 aliphatic carbocycles. The Bertz CT molecular complexity index is 696. The highest BCUT2D eigenvalue weighted by Gasteiger charge is 2.25. The second-order valence-electron chi connectivity index (χ2n) is 5.89. The molecule has 0 bridgehead atoms. The quantitative estimate of drug-likeness (QED) is 0.852. The number of rotatable bonds is 5. The minimum absolute atomic E-state index is 0.0611. The zero-order valence-corrected chi connectivity index (χ0v) is 13.6. The molecular formula is C17H22N4O2. The van der Waals surface area contributed by atoms with Crippen LogP contribution in [0.15, 0.2) is 24.3 Å². The van der Waals surface area contributed by atoms with Gasteiger partial charge >= 0.3 is 0 Å². The highest BCUT2D eigenvalue weighted by Crippen LogP contribution is 2.26. The average Bonchev–Trinajstić information content (AvgIpc) is 2.88. The highest BCUT2D eigenvalue weighted by molar-refractivity contribution is 5.79. The predicted octanol–water partition coefficient (Wildman–Crippen LogP) is 1.65. The highest BCUT2D eigenvalue weighted by atomic mass is 16.5. The lowest BCUT2D eigenvalue weighted by Crippen LogP contribution is -2.38. The van der Waals surface area contributed by atoms with Crippen LogP contribution in [0.2, 0.25) is 0 Å². The van der Waals surface area contributed by atoms with Crippen LogP contribution < -0.4 is 10.1 Å².